The lowest BCUT2D eigenvalue weighted by Crippen LogP contribution is -2.15. The first-order valence-electron chi connectivity index (χ1n) is 18.0. The van der Waals surface area contributed by atoms with E-state index >= 15 is 0 Å². The van der Waals surface area contributed by atoms with E-state index in [9.17, 15) is 0 Å². The third-order valence-corrected chi connectivity index (χ3v) is 11.1. The van der Waals surface area contributed by atoms with E-state index in [-0.39, 0.29) is 5.41 Å². The van der Waals surface area contributed by atoms with Crippen molar-refractivity contribution in [2.75, 3.05) is 0 Å². The van der Waals surface area contributed by atoms with Crippen LogP contribution in [0.5, 0.6) is 0 Å². The molecule has 5 nitrogen and oxygen atoms in total. The Morgan fingerprint density at radius 2 is 1.09 bits per heavy atom. The van der Waals surface area contributed by atoms with Gasteiger partial charge in [-0.1, -0.05) is 129 Å². The predicted octanol–water partition coefficient (Wildman–Crippen LogP) is 12.2. The Labute approximate surface area is 305 Å². The van der Waals surface area contributed by atoms with Crippen LogP contribution in [-0.2, 0) is 5.41 Å². The van der Waals surface area contributed by atoms with E-state index < -0.39 is 0 Å². The molecule has 250 valence electrons. The van der Waals surface area contributed by atoms with Gasteiger partial charge >= 0.3 is 0 Å². The van der Waals surface area contributed by atoms with Gasteiger partial charge in [0.1, 0.15) is 11.2 Å². The van der Waals surface area contributed by atoms with E-state index in [2.05, 4.69) is 115 Å². The third-order valence-electron chi connectivity index (χ3n) is 11.1. The predicted molar refractivity (Wildman–Crippen MR) is 215 cm³/mol. The molecule has 10 aromatic rings. The first-order valence-corrected chi connectivity index (χ1v) is 18.0. The Balaban J connectivity index is 1.10. The molecular formula is C48H32N4O. The highest BCUT2D eigenvalue weighted by Gasteiger charge is 2.35. The smallest absolute Gasteiger partial charge is 0.164 e. The van der Waals surface area contributed by atoms with Crippen molar-refractivity contribution < 1.29 is 4.42 Å². The molecule has 1 aliphatic carbocycles. The molecule has 0 N–H and O–H groups in total. The molecule has 5 heteroatoms. The first kappa shape index (κ1) is 29.8. The summed E-state index contributed by atoms with van der Waals surface area (Å²) < 4.78 is 9.27. The van der Waals surface area contributed by atoms with Crippen LogP contribution >= 0.6 is 0 Å². The molecule has 0 aliphatic heterocycles. The topological polar surface area (TPSA) is 56.7 Å². The maximum atomic E-state index is 6.88. The van der Waals surface area contributed by atoms with Crippen molar-refractivity contribution in [1.29, 1.82) is 0 Å². The van der Waals surface area contributed by atoms with Crippen LogP contribution in [0.4, 0.5) is 0 Å². The first-order chi connectivity index (χ1) is 26.0. The van der Waals surface area contributed by atoms with Crippen molar-refractivity contribution in [3.8, 4) is 51.0 Å². The average molecular weight is 681 g/mol. The molecule has 11 rings (SSSR count). The van der Waals surface area contributed by atoms with Crippen molar-refractivity contribution in [1.82, 2.24) is 19.5 Å². The summed E-state index contributed by atoms with van der Waals surface area (Å²) in [6, 6.07) is 55.3. The molecular weight excluding hydrogens is 649 g/mol. The van der Waals surface area contributed by atoms with Crippen LogP contribution in [0, 0.1) is 0 Å². The number of hydrogen-bond acceptors (Lipinski definition) is 4. The van der Waals surface area contributed by atoms with Gasteiger partial charge in [0.15, 0.2) is 17.5 Å². The number of para-hydroxylation sites is 1. The maximum Gasteiger partial charge on any atom is 0.164 e. The number of furan rings is 1. The van der Waals surface area contributed by atoms with E-state index in [0.717, 1.165) is 66.1 Å². The minimum Gasteiger partial charge on any atom is -0.455 e. The second-order valence-electron chi connectivity index (χ2n) is 14.4. The number of fused-ring (bicyclic) bond motifs is 10. The standard InChI is InChI=1S/C48H32N4O/c1-48(2)38-19-11-9-17-33(38)34-24-22-32(28-39(34)48)52-40-20-12-10-18-37(40)43-41(52)26-25-36-35-23-21-31(27-42(35)53-44(36)43)47-50-45(29-13-5-3-6-14-29)49-46(51-47)30-15-7-4-8-16-30/h3-28H,1-2H3. The number of nitrogens with zero attached hydrogens (tertiary/aromatic N) is 4. The summed E-state index contributed by atoms with van der Waals surface area (Å²) in [4.78, 5) is 14.8. The molecule has 0 amide bonds. The molecule has 0 unspecified atom stereocenters. The van der Waals surface area contributed by atoms with Gasteiger partial charge in [-0.05, 0) is 64.7 Å². The van der Waals surface area contributed by atoms with Crippen molar-refractivity contribution in [2.24, 2.45) is 0 Å². The SMILES string of the molecule is CC1(C)c2ccccc2-c2ccc(-n3c4ccccc4c4c5oc6cc(-c7nc(-c8ccccc8)nc(-c8ccccc8)n7)ccc6c5ccc43)cc21. The van der Waals surface area contributed by atoms with Gasteiger partial charge in [0.05, 0.1) is 16.4 Å². The number of rotatable bonds is 4. The van der Waals surface area contributed by atoms with Gasteiger partial charge in [-0.2, -0.15) is 0 Å². The summed E-state index contributed by atoms with van der Waals surface area (Å²) in [7, 11) is 0. The second kappa shape index (κ2) is 11.1. The van der Waals surface area contributed by atoms with E-state index in [0.29, 0.717) is 17.5 Å². The zero-order valence-electron chi connectivity index (χ0n) is 29.2. The summed E-state index contributed by atoms with van der Waals surface area (Å²) in [6.45, 7) is 4.67. The normalized spacial score (nSPS) is 13.2. The molecule has 0 spiro atoms. The van der Waals surface area contributed by atoms with Gasteiger partial charge in [0.25, 0.3) is 0 Å². The highest BCUT2D eigenvalue weighted by atomic mass is 16.3. The molecule has 3 heterocycles. The molecule has 3 aromatic heterocycles. The minimum absolute atomic E-state index is 0.0906. The van der Waals surface area contributed by atoms with Gasteiger partial charge in [-0.25, -0.2) is 15.0 Å². The van der Waals surface area contributed by atoms with Gasteiger partial charge < -0.3 is 8.98 Å². The molecule has 0 radical (unpaired) electrons. The van der Waals surface area contributed by atoms with Crippen LogP contribution < -0.4 is 0 Å². The van der Waals surface area contributed by atoms with Gasteiger partial charge in [-0.3, -0.25) is 0 Å². The minimum atomic E-state index is -0.0906. The lowest BCUT2D eigenvalue weighted by Gasteiger charge is -2.22. The van der Waals surface area contributed by atoms with Gasteiger partial charge in [0.2, 0.25) is 0 Å². The summed E-state index contributed by atoms with van der Waals surface area (Å²) >= 11 is 0. The average Bonchev–Trinajstić information content (AvgIpc) is 3.83. The fourth-order valence-corrected chi connectivity index (χ4v) is 8.47. The third kappa shape index (κ3) is 4.40. The highest BCUT2D eigenvalue weighted by Crippen LogP contribution is 2.50. The summed E-state index contributed by atoms with van der Waals surface area (Å²) in [5.74, 6) is 1.86. The van der Waals surface area contributed by atoms with E-state index in [4.69, 9.17) is 19.4 Å². The molecule has 1 aliphatic rings. The zero-order chi connectivity index (χ0) is 35.3. The van der Waals surface area contributed by atoms with Crippen LogP contribution in [-0.4, -0.2) is 19.5 Å². The maximum absolute atomic E-state index is 6.88. The summed E-state index contributed by atoms with van der Waals surface area (Å²) in [5, 5.41) is 4.41. The van der Waals surface area contributed by atoms with Crippen molar-refractivity contribution in [3.05, 3.63) is 169 Å². The summed E-state index contributed by atoms with van der Waals surface area (Å²) in [5.41, 5.74) is 13.1. The van der Waals surface area contributed by atoms with Crippen LogP contribution in [0.3, 0.4) is 0 Å². The van der Waals surface area contributed by atoms with E-state index in [1.54, 1.807) is 0 Å². The monoisotopic (exact) mass is 680 g/mol. The number of aromatic nitrogens is 4. The Hall–Kier alpha value is -6.85. The van der Waals surface area contributed by atoms with Crippen LogP contribution in [0.25, 0.3) is 94.7 Å². The molecule has 0 saturated carbocycles. The zero-order valence-corrected chi connectivity index (χ0v) is 29.2. The van der Waals surface area contributed by atoms with Crippen LogP contribution in [0.2, 0.25) is 0 Å². The Bertz CT molecular complexity index is 3020. The Morgan fingerprint density at radius 1 is 0.472 bits per heavy atom. The fourth-order valence-electron chi connectivity index (χ4n) is 8.47. The van der Waals surface area contributed by atoms with Crippen LogP contribution in [0.15, 0.2) is 162 Å². The molecule has 53 heavy (non-hydrogen) atoms. The van der Waals surface area contributed by atoms with Gasteiger partial charge in [-0.15, -0.1) is 0 Å². The highest BCUT2D eigenvalue weighted by molar-refractivity contribution is 6.24. The summed E-state index contributed by atoms with van der Waals surface area (Å²) in [6.07, 6.45) is 0. The molecule has 0 atom stereocenters. The quantitative estimate of drug-likeness (QED) is 0.186. The van der Waals surface area contributed by atoms with Crippen LogP contribution in [0.1, 0.15) is 25.0 Å². The van der Waals surface area contributed by atoms with E-state index in [1.807, 2.05) is 60.7 Å². The molecule has 7 aromatic carbocycles. The van der Waals surface area contributed by atoms with Crippen molar-refractivity contribution in [3.63, 3.8) is 0 Å². The molecule has 0 fully saturated rings. The lowest BCUT2D eigenvalue weighted by molar-refractivity contribution is 0.660. The van der Waals surface area contributed by atoms with Crippen molar-refractivity contribution >= 4 is 43.7 Å². The fraction of sp³-hybridized carbons (Fsp3) is 0.0625. The van der Waals surface area contributed by atoms with Gasteiger partial charge in [0, 0.05) is 44.0 Å². The van der Waals surface area contributed by atoms with Crippen molar-refractivity contribution in [2.45, 2.75) is 19.3 Å². The molecule has 0 bridgehead atoms. The Kier molecular flexibility index (Phi) is 6.23. The second-order valence-corrected chi connectivity index (χ2v) is 14.4. The molecule has 0 saturated heterocycles. The lowest BCUT2D eigenvalue weighted by atomic mass is 9.82. The number of hydrogen-bond donors (Lipinski definition) is 0. The number of benzene rings is 7. The largest absolute Gasteiger partial charge is 0.455 e. The Morgan fingerprint density at radius 3 is 1.85 bits per heavy atom. The van der Waals surface area contributed by atoms with E-state index in [1.165, 1.54) is 22.3 Å².